The van der Waals surface area contributed by atoms with Crippen LogP contribution in [-0.4, -0.2) is 16.9 Å². The summed E-state index contributed by atoms with van der Waals surface area (Å²) in [5.41, 5.74) is 5.63. The van der Waals surface area contributed by atoms with E-state index in [4.69, 9.17) is 0 Å². The molecular weight excluding hydrogens is 304 g/mol. The Morgan fingerprint density at radius 1 is 1.08 bits per heavy atom. The molecule has 0 bridgehead atoms. The average Bonchev–Trinajstić information content (AvgIpc) is 3.41. The molecule has 3 N–H and O–H groups in total. The molecule has 0 radical (unpaired) electrons. The molecule has 1 fully saturated rings. The lowest BCUT2D eigenvalue weighted by Crippen LogP contribution is -2.09. The number of rotatable bonds is 6. The van der Waals surface area contributed by atoms with E-state index in [1.807, 2.05) is 24.3 Å². The van der Waals surface area contributed by atoms with Gasteiger partial charge in [-0.15, -0.1) is 0 Å². The largest absolute Gasteiger partial charge is 0.324 e. The highest BCUT2D eigenvalue weighted by Crippen LogP contribution is 2.39. The van der Waals surface area contributed by atoms with Gasteiger partial charge in [0.25, 0.3) is 0 Å². The number of ketones is 1. The van der Waals surface area contributed by atoms with Gasteiger partial charge in [-0.05, 0) is 42.0 Å². The molecular formula is C19H20N2O3. The highest BCUT2D eigenvalue weighted by Gasteiger charge is 2.23. The molecule has 1 amide bonds. The van der Waals surface area contributed by atoms with Crippen LogP contribution in [0, 0.1) is 0 Å². The van der Waals surface area contributed by atoms with Crippen LogP contribution in [0.5, 0.6) is 0 Å². The Labute approximate surface area is 140 Å². The first kappa shape index (κ1) is 16.2. The Kier molecular flexibility index (Phi) is 4.62. The molecule has 3 rings (SSSR count). The summed E-state index contributed by atoms with van der Waals surface area (Å²) in [4.78, 5) is 23.6. The standard InChI is InChI=1S/C19H20N2O3/c1-12(22)20-17-9-2-13(10-18(17)21-24)11-19(23)16-7-5-15(6-8-16)14-3-4-14/h2,5-10,14,21,24H,3-4,11H2,1H3,(H,20,22). The summed E-state index contributed by atoms with van der Waals surface area (Å²) in [5.74, 6) is 0.466. The van der Waals surface area contributed by atoms with Crippen molar-refractivity contribution >= 4 is 23.1 Å². The van der Waals surface area contributed by atoms with Crippen molar-refractivity contribution in [3.63, 3.8) is 0 Å². The minimum atomic E-state index is -0.230. The zero-order chi connectivity index (χ0) is 17.1. The molecule has 1 saturated carbocycles. The third-order valence-corrected chi connectivity index (χ3v) is 4.16. The number of Topliss-reactive ketones (excluding diaryl/α,β-unsaturated/α-hetero) is 1. The quantitative estimate of drug-likeness (QED) is 0.558. The van der Waals surface area contributed by atoms with Gasteiger partial charge in [0.1, 0.15) is 0 Å². The van der Waals surface area contributed by atoms with Gasteiger partial charge in [-0.2, -0.15) is 0 Å². The van der Waals surface area contributed by atoms with E-state index in [0.717, 1.165) is 5.56 Å². The van der Waals surface area contributed by atoms with Crippen LogP contribution < -0.4 is 10.8 Å². The fourth-order valence-corrected chi connectivity index (χ4v) is 2.74. The van der Waals surface area contributed by atoms with Crippen molar-refractivity contribution < 1.29 is 14.8 Å². The number of carbonyl (C=O) groups excluding carboxylic acids is 2. The summed E-state index contributed by atoms with van der Waals surface area (Å²) in [7, 11) is 0. The van der Waals surface area contributed by atoms with Crippen LogP contribution in [0.3, 0.4) is 0 Å². The third-order valence-electron chi connectivity index (χ3n) is 4.16. The number of nitrogens with one attached hydrogen (secondary N) is 2. The van der Waals surface area contributed by atoms with Crippen molar-refractivity contribution in [1.29, 1.82) is 0 Å². The summed E-state index contributed by atoms with van der Waals surface area (Å²) < 4.78 is 0. The molecule has 5 heteroatoms. The molecule has 1 aliphatic rings. The molecule has 0 spiro atoms. The lowest BCUT2D eigenvalue weighted by molar-refractivity contribution is -0.114. The fourth-order valence-electron chi connectivity index (χ4n) is 2.74. The Balaban J connectivity index is 1.72. The Bertz CT molecular complexity index is 765. The molecule has 0 saturated heterocycles. The SMILES string of the molecule is CC(=O)Nc1ccc(CC(=O)c2ccc(C3CC3)cc2)cc1NO. The van der Waals surface area contributed by atoms with Crippen molar-refractivity contribution in [1.82, 2.24) is 0 Å². The van der Waals surface area contributed by atoms with E-state index < -0.39 is 0 Å². The molecule has 1 aliphatic carbocycles. The Hall–Kier alpha value is -2.66. The number of amides is 1. The second kappa shape index (κ2) is 6.84. The van der Waals surface area contributed by atoms with Gasteiger partial charge in [-0.25, -0.2) is 0 Å². The van der Waals surface area contributed by atoms with Crippen molar-refractivity contribution in [3.8, 4) is 0 Å². The summed E-state index contributed by atoms with van der Waals surface area (Å²) in [6.07, 6.45) is 2.72. The zero-order valence-electron chi connectivity index (χ0n) is 13.5. The smallest absolute Gasteiger partial charge is 0.221 e. The number of carbonyl (C=O) groups is 2. The van der Waals surface area contributed by atoms with Crippen LogP contribution in [0.15, 0.2) is 42.5 Å². The van der Waals surface area contributed by atoms with Gasteiger partial charge in [0, 0.05) is 18.9 Å². The molecule has 24 heavy (non-hydrogen) atoms. The summed E-state index contributed by atoms with van der Waals surface area (Å²) >= 11 is 0. The molecule has 0 atom stereocenters. The van der Waals surface area contributed by atoms with E-state index in [9.17, 15) is 14.8 Å². The molecule has 0 aromatic heterocycles. The molecule has 0 unspecified atom stereocenters. The van der Waals surface area contributed by atoms with Gasteiger partial charge in [0.05, 0.1) is 11.4 Å². The average molecular weight is 324 g/mol. The first-order chi connectivity index (χ1) is 11.6. The monoisotopic (exact) mass is 324 g/mol. The minimum absolute atomic E-state index is 0.0218. The molecule has 124 valence electrons. The fraction of sp³-hybridized carbons (Fsp3) is 0.263. The second-order valence-corrected chi connectivity index (χ2v) is 6.17. The maximum absolute atomic E-state index is 12.4. The van der Waals surface area contributed by atoms with E-state index in [1.165, 1.54) is 25.3 Å². The van der Waals surface area contributed by atoms with Gasteiger partial charge in [-0.3, -0.25) is 20.3 Å². The molecule has 0 heterocycles. The van der Waals surface area contributed by atoms with Crippen LogP contribution in [0.25, 0.3) is 0 Å². The van der Waals surface area contributed by atoms with E-state index in [0.29, 0.717) is 22.9 Å². The molecule has 5 nitrogen and oxygen atoms in total. The predicted octanol–water partition coefficient (Wildman–Crippen LogP) is 3.75. The first-order valence-electron chi connectivity index (χ1n) is 8.00. The van der Waals surface area contributed by atoms with E-state index >= 15 is 0 Å². The van der Waals surface area contributed by atoms with E-state index in [1.54, 1.807) is 18.2 Å². The third kappa shape index (κ3) is 3.81. The number of benzene rings is 2. The van der Waals surface area contributed by atoms with Crippen molar-refractivity contribution in [2.45, 2.75) is 32.1 Å². The van der Waals surface area contributed by atoms with E-state index in [2.05, 4.69) is 10.8 Å². The number of hydrogen-bond acceptors (Lipinski definition) is 4. The van der Waals surface area contributed by atoms with Gasteiger partial charge >= 0.3 is 0 Å². The lowest BCUT2D eigenvalue weighted by atomic mass is 10.00. The topological polar surface area (TPSA) is 78.4 Å². The number of anilines is 2. The van der Waals surface area contributed by atoms with Crippen LogP contribution in [0.1, 0.15) is 47.2 Å². The van der Waals surface area contributed by atoms with Gasteiger partial charge in [0.15, 0.2) is 5.78 Å². The highest BCUT2D eigenvalue weighted by molar-refractivity contribution is 5.98. The van der Waals surface area contributed by atoms with Crippen LogP contribution in [-0.2, 0) is 11.2 Å². The van der Waals surface area contributed by atoms with Crippen LogP contribution in [0.4, 0.5) is 11.4 Å². The predicted molar refractivity (Wildman–Crippen MR) is 92.6 cm³/mol. The van der Waals surface area contributed by atoms with E-state index in [-0.39, 0.29) is 18.1 Å². The molecule has 2 aromatic rings. The minimum Gasteiger partial charge on any atom is -0.324 e. The lowest BCUT2D eigenvalue weighted by Gasteiger charge is -2.11. The molecule has 0 aliphatic heterocycles. The van der Waals surface area contributed by atoms with Gasteiger partial charge in [0.2, 0.25) is 5.91 Å². The number of hydrogen-bond donors (Lipinski definition) is 3. The van der Waals surface area contributed by atoms with Gasteiger partial charge < -0.3 is 5.32 Å². The maximum Gasteiger partial charge on any atom is 0.221 e. The first-order valence-corrected chi connectivity index (χ1v) is 8.00. The molecule has 2 aromatic carbocycles. The van der Waals surface area contributed by atoms with Crippen molar-refractivity contribution in [3.05, 3.63) is 59.2 Å². The highest BCUT2D eigenvalue weighted by atomic mass is 16.5. The Morgan fingerprint density at radius 2 is 1.79 bits per heavy atom. The zero-order valence-corrected chi connectivity index (χ0v) is 13.5. The van der Waals surface area contributed by atoms with Crippen molar-refractivity contribution in [2.24, 2.45) is 0 Å². The summed E-state index contributed by atoms with van der Waals surface area (Å²) in [6.45, 7) is 1.39. The Morgan fingerprint density at radius 3 is 2.38 bits per heavy atom. The van der Waals surface area contributed by atoms with Gasteiger partial charge in [-0.1, -0.05) is 30.3 Å². The normalized spacial score (nSPS) is 13.4. The van der Waals surface area contributed by atoms with Crippen molar-refractivity contribution in [2.75, 3.05) is 10.8 Å². The van der Waals surface area contributed by atoms with Crippen LogP contribution >= 0.6 is 0 Å². The second-order valence-electron chi connectivity index (χ2n) is 6.17. The van der Waals surface area contributed by atoms with Crippen LogP contribution in [0.2, 0.25) is 0 Å². The summed E-state index contributed by atoms with van der Waals surface area (Å²) in [5, 5.41) is 11.8. The summed E-state index contributed by atoms with van der Waals surface area (Å²) in [6, 6.07) is 12.9. The maximum atomic E-state index is 12.4.